The Kier molecular flexibility index (Phi) is 4.72. The van der Waals surface area contributed by atoms with Gasteiger partial charge in [0.2, 0.25) is 5.91 Å². The Morgan fingerprint density at radius 2 is 1.71 bits per heavy atom. The number of hydrogen-bond acceptors (Lipinski definition) is 4. The van der Waals surface area contributed by atoms with Gasteiger partial charge in [-0.2, -0.15) is 0 Å². The van der Waals surface area contributed by atoms with Gasteiger partial charge in [-0.1, -0.05) is 0 Å². The lowest BCUT2D eigenvalue weighted by atomic mass is 10.2. The molecule has 114 valence electrons. The fourth-order valence-corrected chi connectivity index (χ4v) is 2.89. The maximum atomic E-state index is 12.0. The van der Waals surface area contributed by atoms with E-state index in [1.165, 1.54) is 18.5 Å². The van der Waals surface area contributed by atoms with Gasteiger partial charge in [0.25, 0.3) is 0 Å². The first kappa shape index (κ1) is 14.4. The van der Waals surface area contributed by atoms with E-state index < -0.39 is 0 Å². The minimum absolute atomic E-state index is 0.0471. The van der Waals surface area contributed by atoms with Gasteiger partial charge in [-0.15, -0.1) is 0 Å². The lowest BCUT2D eigenvalue weighted by molar-refractivity contribution is -0.118. The Morgan fingerprint density at radius 1 is 1.05 bits per heavy atom. The minimum atomic E-state index is 0.0471. The van der Waals surface area contributed by atoms with Gasteiger partial charge >= 0.3 is 0 Å². The average Bonchev–Trinajstić information content (AvgIpc) is 3.03. The predicted octanol–water partition coefficient (Wildman–Crippen LogP) is 1.56. The Bertz CT molecular complexity index is 463. The van der Waals surface area contributed by atoms with Crippen LogP contribution in [0, 0.1) is 0 Å². The van der Waals surface area contributed by atoms with Crippen LogP contribution in [0.3, 0.4) is 0 Å². The summed E-state index contributed by atoms with van der Waals surface area (Å²) in [7, 11) is 0. The molecule has 2 heterocycles. The number of nitrogens with one attached hydrogen (secondary N) is 1. The third-order valence-electron chi connectivity index (χ3n) is 4.09. The van der Waals surface area contributed by atoms with E-state index in [9.17, 15) is 4.79 Å². The molecule has 0 aliphatic carbocycles. The van der Waals surface area contributed by atoms with Crippen molar-refractivity contribution in [3.63, 3.8) is 0 Å². The topological polar surface area (TPSA) is 44.8 Å². The summed E-state index contributed by atoms with van der Waals surface area (Å²) < 4.78 is 5.28. The van der Waals surface area contributed by atoms with Gasteiger partial charge in [-0.25, -0.2) is 0 Å². The smallest absolute Gasteiger partial charge is 0.238 e. The summed E-state index contributed by atoms with van der Waals surface area (Å²) in [6.45, 7) is 5.83. The monoisotopic (exact) mass is 289 g/mol. The number of morpholine rings is 1. The molecule has 0 unspecified atom stereocenters. The van der Waals surface area contributed by atoms with Gasteiger partial charge in [-0.3, -0.25) is 9.69 Å². The molecule has 0 bridgehead atoms. The van der Waals surface area contributed by atoms with Crippen LogP contribution in [-0.4, -0.2) is 56.7 Å². The zero-order valence-corrected chi connectivity index (χ0v) is 12.4. The molecule has 5 heteroatoms. The van der Waals surface area contributed by atoms with E-state index in [0.29, 0.717) is 6.54 Å². The first-order chi connectivity index (χ1) is 10.3. The van der Waals surface area contributed by atoms with Gasteiger partial charge < -0.3 is 15.0 Å². The van der Waals surface area contributed by atoms with Crippen molar-refractivity contribution in [2.75, 3.05) is 56.2 Å². The van der Waals surface area contributed by atoms with Gasteiger partial charge in [0, 0.05) is 37.6 Å². The molecule has 5 nitrogen and oxygen atoms in total. The molecule has 0 radical (unpaired) electrons. The molecule has 2 fully saturated rings. The number of nitrogens with zero attached hydrogens (tertiary/aromatic N) is 2. The van der Waals surface area contributed by atoms with E-state index in [1.54, 1.807) is 0 Å². The number of carbonyl (C=O) groups is 1. The summed E-state index contributed by atoms with van der Waals surface area (Å²) in [5, 5.41) is 2.97. The van der Waals surface area contributed by atoms with Crippen molar-refractivity contribution in [2.45, 2.75) is 12.8 Å². The third-order valence-corrected chi connectivity index (χ3v) is 4.09. The lowest BCUT2D eigenvalue weighted by Crippen LogP contribution is -2.41. The normalized spacial score (nSPS) is 19.7. The van der Waals surface area contributed by atoms with Crippen molar-refractivity contribution < 1.29 is 9.53 Å². The molecule has 3 rings (SSSR count). The second kappa shape index (κ2) is 6.91. The molecule has 0 atom stereocenters. The van der Waals surface area contributed by atoms with Gasteiger partial charge in [0.1, 0.15) is 0 Å². The molecule has 21 heavy (non-hydrogen) atoms. The summed E-state index contributed by atoms with van der Waals surface area (Å²) in [6.07, 6.45) is 2.55. The Morgan fingerprint density at radius 3 is 2.38 bits per heavy atom. The number of anilines is 2. The molecule has 2 aliphatic rings. The quantitative estimate of drug-likeness (QED) is 0.913. The second-order valence-corrected chi connectivity index (χ2v) is 5.68. The molecule has 1 aromatic rings. The van der Waals surface area contributed by atoms with E-state index in [1.807, 2.05) is 12.1 Å². The first-order valence-corrected chi connectivity index (χ1v) is 7.76. The molecule has 2 aliphatic heterocycles. The molecule has 1 N–H and O–H groups in total. The Balaban J connectivity index is 1.50. The number of rotatable bonds is 4. The number of benzene rings is 1. The van der Waals surface area contributed by atoms with Crippen LogP contribution in [-0.2, 0) is 9.53 Å². The molecule has 1 aromatic carbocycles. The SMILES string of the molecule is O=C(CN1CCOCC1)Nc1ccc(N2CCCC2)cc1. The predicted molar refractivity (Wildman–Crippen MR) is 83.8 cm³/mol. The zero-order chi connectivity index (χ0) is 14.5. The summed E-state index contributed by atoms with van der Waals surface area (Å²) >= 11 is 0. The molecule has 0 aromatic heterocycles. The Hall–Kier alpha value is -1.59. The summed E-state index contributed by atoms with van der Waals surface area (Å²) in [4.78, 5) is 16.5. The Labute approximate surface area is 125 Å². The van der Waals surface area contributed by atoms with E-state index >= 15 is 0 Å². The molecule has 0 saturated carbocycles. The standard InChI is InChI=1S/C16H23N3O2/c20-16(13-18-9-11-21-12-10-18)17-14-3-5-15(6-4-14)19-7-1-2-8-19/h3-6H,1-2,7-13H2,(H,17,20). The van der Waals surface area contributed by atoms with Gasteiger partial charge in [0.05, 0.1) is 19.8 Å². The average molecular weight is 289 g/mol. The van der Waals surface area contributed by atoms with Crippen LogP contribution in [0.4, 0.5) is 11.4 Å². The molecule has 1 amide bonds. The summed E-state index contributed by atoms with van der Waals surface area (Å²) in [5.74, 6) is 0.0471. The molecular formula is C16H23N3O2. The second-order valence-electron chi connectivity index (χ2n) is 5.68. The maximum Gasteiger partial charge on any atom is 0.238 e. The number of hydrogen-bond donors (Lipinski definition) is 1. The van der Waals surface area contributed by atoms with Crippen molar-refractivity contribution in [1.82, 2.24) is 4.90 Å². The van der Waals surface area contributed by atoms with Crippen molar-refractivity contribution >= 4 is 17.3 Å². The fraction of sp³-hybridized carbons (Fsp3) is 0.562. The lowest BCUT2D eigenvalue weighted by Gasteiger charge is -2.25. The van der Waals surface area contributed by atoms with E-state index in [0.717, 1.165) is 45.1 Å². The number of amides is 1. The van der Waals surface area contributed by atoms with Crippen molar-refractivity contribution in [3.05, 3.63) is 24.3 Å². The van der Waals surface area contributed by atoms with Crippen LogP contribution >= 0.6 is 0 Å². The summed E-state index contributed by atoms with van der Waals surface area (Å²) in [6, 6.07) is 8.17. The van der Waals surface area contributed by atoms with Crippen molar-refractivity contribution in [1.29, 1.82) is 0 Å². The van der Waals surface area contributed by atoms with Crippen LogP contribution in [0.15, 0.2) is 24.3 Å². The van der Waals surface area contributed by atoms with E-state index in [4.69, 9.17) is 4.74 Å². The summed E-state index contributed by atoms with van der Waals surface area (Å²) in [5.41, 5.74) is 2.12. The third kappa shape index (κ3) is 3.95. The van der Waals surface area contributed by atoms with Crippen LogP contribution in [0.2, 0.25) is 0 Å². The highest BCUT2D eigenvalue weighted by Crippen LogP contribution is 2.21. The van der Waals surface area contributed by atoms with Crippen LogP contribution in [0.5, 0.6) is 0 Å². The molecule has 2 saturated heterocycles. The van der Waals surface area contributed by atoms with Crippen LogP contribution in [0.25, 0.3) is 0 Å². The minimum Gasteiger partial charge on any atom is -0.379 e. The van der Waals surface area contributed by atoms with E-state index in [-0.39, 0.29) is 5.91 Å². The number of ether oxygens (including phenoxy) is 1. The van der Waals surface area contributed by atoms with Crippen LogP contribution < -0.4 is 10.2 Å². The highest BCUT2D eigenvalue weighted by atomic mass is 16.5. The first-order valence-electron chi connectivity index (χ1n) is 7.76. The largest absolute Gasteiger partial charge is 0.379 e. The highest BCUT2D eigenvalue weighted by molar-refractivity contribution is 5.92. The molecule has 0 spiro atoms. The van der Waals surface area contributed by atoms with E-state index in [2.05, 4.69) is 27.2 Å². The van der Waals surface area contributed by atoms with Crippen molar-refractivity contribution in [3.8, 4) is 0 Å². The van der Waals surface area contributed by atoms with Crippen LogP contribution in [0.1, 0.15) is 12.8 Å². The zero-order valence-electron chi connectivity index (χ0n) is 12.4. The maximum absolute atomic E-state index is 12.0. The van der Waals surface area contributed by atoms with Gasteiger partial charge in [0.15, 0.2) is 0 Å². The highest BCUT2D eigenvalue weighted by Gasteiger charge is 2.15. The molecular weight excluding hydrogens is 266 g/mol. The van der Waals surface area contributed by atoms with Crippen molar-refractivity contribution in [2.24, 2.45) is 0 Å². The number of carbonyl (C=O) groups excluding carboxylic acids is 1. The van der Waals surface area contributed by atoms with Gasteiger partial charge in [-0.05, 0) is 37.1 Å². The fourth-order valence-electron chi connectivity index (χ4n) is 2.89.